The molecule has 7 rings (SSSR count). The third-order valence-electron chi connectivity index (χ3n) is 18.4. The smallest absolute Gasteiger partial charge is 0.187 e. The highest BCUT2D eigenvalue weighted by molar-refractivity contribution is 5.88. The van der Waals surface area contributed by atoms with Crippen molar-refractivity contribution in [3.05, 3.63) is 11.6 Å². The number of allylic oxidation sites excluding steroid dienone is 2. The van der Waals surface area contributed by atoms with Crippen LogP contribution in [0.1, 0.15) is 107 Å². The molecule has 6 fully saturated rings. The van der Waals surface area contributed by atoms with E-state index in [2.05, 4.69) is 33.8 Å². The van der Waals surface area contributed by atoms with Gasteiger partial charge < -0.3 is 89.7 Å². The Labute approximate surface area is 393 Å². The van der Waals surface area contributed by atoms with Crippen LogP contribution in [0.2, 0.25) is 0 Å². The van der Waals surface area contributed by atoms with E-state index < -0.39 is 141 Å². The first-order valence-electron chi connectivity index (χ1n) is 24.4. The first-order valence-corrected chi connectivity index (χ1v) is 24.4. The zero-order valence-electron chi connectivity index (χ0n) is 40.2. The number of fused-ring (bicyclic) bond motifs is 5. The predicted molar refractivity (Wildman–Crippen MR) is 234 cm³/mol. The molecule has 12 N–H and O–H groups in total. The van der Waals surface area contributed by atoms with Crippen LogP contribution in [0.15, 0.2) is 11.6 Å². The molecule has 24 atom stereocenters. The third-order valence-corrected chi connectivity index (χ3v) is 18.4. The van der Waals surface area contributed by atoms with E-state index >= 15 is 0 Å². The van der Waals surface area contributed by atoms with Crippen LogP contribution < -0.4 is 0 Å². The van der Waals surface area contributed by atoms with Crippen LogP contribution in [-0.4, -0.2) is 197 Å². The third kappa shape index (κ3) is 9.15. The van der Waals surface area contributed by atoms with Gasteiger partial charge in [-0.1, -0.05) is 39.3 Å². The fraction of sp³-hybridized carbons (Fsp3) is 0.938. The summed E-state index contributed by atoms with van der Waals surface area (Å²) in [5.74, 6) is 0.814. The minimum atomic E-state index is -1.90. The average molecular weight is 961 g/mol. The van der Waals surface area contributed by atoms with E-state index in [1.165, 1.54) is 5.57 Å². The number of hydrogen-bond acceptors (Lipinski definition) is 19. The molecule has 4 aliphatic carbocycles. The van der Waals surface area contributed by atoms with Crippen molar-refractivity contribution in [3.8, 4) is 0 Å². The number of carbonyl (C=O) groups excluding carboxylic acids is 1. The molecule has 0 amide bonds. The van der Waals surface area contributed by atoms with Crippen molar-refractivity contribution in [1.29, 1.82) is 0 Å². The lowest BCUT2D eigenvalue weighted by molar-refractivity contribution is -0.380. The highest BCUT2D eigenvalue weighted by Crippen LogP contribution is 2.75. The standard InChI is InChI=1S/C48H80O19/c1-21(22-15-16-46(6)28-12-10-23-24(11-13-29(51)44(23,2)3)48(28,8)30(52)17-47(22,46)7)9-14-31(45(4,5)61)66-43-40(67-42-39(60)36(57)33(54)26(19-50)64-42)37(58)34(55)27(65-43)20-62-41-38(59)35(56)32(53)25(18-49)63-41/h10,21-22,24-28,30-43,49-50,52-61H,9,11-20H2,1-8H3/t21?,22-,24-,25-,26-,27-,28?,30-,31?,32-,33-,34-,35+,36+,37+,38-,39-,40-,41-,42+,43+,46+,47-,48+/m1/s1. The van der Waals surface area contributed by atoms with Gasteiger partial charge in [-0.3, -0.25) is 4.79 Å². The SMILES string of the molecule is CC(CCC(O[C@@H]1O[C@H](CO[C@@H]2O[C@H](CO)[C@@H](O)[C@H](O)[C@H]2O)[C@@H](O)[C@H](O)[C@H]1O[C@@H]1O[C@H](CO)[C@@H](O)[C@H](O)[C@H]1O)C(C)(C)O)[C@H]1CC[C@@]2(C)C3CC=C4[C@@H](CCC(=O)C4(C)C)[C@]3(C)[C@H](O)C[C@]12C. The molecule has 0 aromatic heterocycles. The van der Waals surface area contributed by atoms with Crippen LogP contribution in [0.4, 0.5) is 0 Å². The first-order chi connectivity index (χ1) is 31.2. The van der Waals surface area contributed by atoms with Gasteiger partial charge >= 0.3 is 0 Å². The summed E-state index contributed by atoms with van der Waals surface area (Å²) in [6, 6.07) is 0. The van der Waals surface area contributed by atoms with Gasteiger partial charge in [0, 0.05) is 17.3 Å². The van der Waals surface area contributed by atoms with Gasteiger partial charge in [-0.05, 0) is 107 Å². The van der Waals surface area contributed by atoms with E-state index in [-0.39, 0.29) is 46.7 Å². The Bertz CT molecular complexity index is 1750. The van der Waals surface area contributed by atoms with Crippen molar-refractivity contribution in [2.45, 2.75) is 217 Å². The number of hydrogen-bond donors (Lipinski definition) is 12. The lowest BCUT2D eigenvalue weighted by Gasteiger charge is -2.67. The van der Waals surface area contributed by atoms with Gasteiger partial charge in [-0.25, -0.2) is 0 Å². The zero-order chi connectivity index (χ0) is 49.5. The molecule has 0 aromatic carbocycles. The van der Waals surface area contributed by atoms with Crippen LogP contribution in [0, 0.1) is 45.3 Å². The van der Waals surface area contributed by atoms with Crippen LogP contribution in [0.5, 0.6) is 0 Å². The Balaban J connectivity index is 1.10. The summed E-state index contributed by atoms with van der Waals surface area (Å²) in [5, 5.41) is 130. The molecule has 19 heteroatoms. The molecular formula is C48H80O19. The van der Waals surface area contributed by atoms with Crippen molar-refractivity contribution in [2.24, 2.45) is 45.3 Å². The number of aliphatic hydroxyl groups is 12. The molecule has 3 unspecified atom stereocenters. The molecule has 3 saturated carbocycles. The predicted octanol–water partition coefficient (Wildman–Crippen LogP) is -0.848. The van der Waals surface area contributed by atoms with Crippen molar-refractivity contribution in [1.82, 2.24) is 0 Å². The molecule has 0 spiro atoms. The van der Waals surface area contributed by atoms with Crippen LogP contribution >= 0.6 is 0 Å². The monoisotopic (exact) mass is 961 g/mol. The molecule has 3 aliphatic heterocycles. The topological polar surface area (TPSA) is 315 Å². The van der Waals surface area contributed by atoms with Gasteiger partial charge in [0.05, 0.1) is 37.6 Å². The van der Waals surface area contributed by atoms with Gasteiger partial charge in [-0.15, -0.1) is 0 Å². The summed E-state index contributed by atoms with van der Waals surface area (Å²) >= 11 is 0. The normalized spacial score (nSPS) is 49.9. The Kier molecular flexibility index (Phi) is 15.7. The van der Waals surface area contributed by atoms with Gasteiger partial charge in [0.1, 0.15) is 79.0 Å². The fourth-order valence-electron chi connectivity index (χ4n) is 13.9. The second-order valence-electron chi connectivity index (χ2n) is 22.8. The molecule has 0 aromatic rings. The molecule has 0 bridgehead atoms. The van der Waals surface area contributed by atoms with Gasteiger partial charge in [0.15, 0.2) is 18.9 Å². The lowest BCUT2D eigenvalue weighted by Crippen LogP contribution is -2.65. The minimum Gasteiger partial charge on any atom is -0.394 e. The molecule has 19 nitrogen and oxygen atoms in total. The van der Waals surface area contributed by atoms with E-state index in [9.17, 15) is 66.1 Å². The largest absolute Gasteiger partial charge is 0.394 e. The number of Topliss-reactive ketones (excluding diaryl/α,β-unsaturated/α-hetero) is 1. The van der Waals surface area contributed by atoms with Crippen LogP contribution in [-0.2, 0) is 33.2 Å². The summed E-state index contributed by atoms with van der Waals surface area (Å²) in [7, 11) is 0. The van der Waals surface area contributed by atoms with Crippen molar-refractivity contribution >= 4 is 5.78 Å². The zero-order valence-corrected chi connectivity index (χ0v) is 40.2. The Morgan fingerprint density at radius 2 is 1.30 bits per heavy atom. The molecular weight excluding hydrogens is 881 g/mol. The molecule has 67 heavy (non-hydrogen) atoms. The van der Waals surface area contributed by atoms with Crippen molar-refractivity contribution in [2.75, 3.05) is 19.8 Å². The Hall–Kier alpha value is -1.31. The Morgan fingerprint density at radius 3 is 1.90 bits per heavy atom. The minimum absolute atomic E-state index is 0.0679. The molecule has 0 radical (unpaired) electrons. The molecule has 3 saturated heterocycles. The first kappa shape index (κ1) is 53.5. The van der Waals surface area contributed by atoms with Crippen LogP contribution in [0.25, 0.3) is 0 Å². The number of ether oxygens (including phenoxy) is 6. The van der Waals surface area contributed by atoms with E-state index in [0.717, 1.165) is 25.7 Å². The molecule has 3 heterocycles. The second-order valence-corrected chi connectivity index (χ2v) is 22.8. The quantitative estimate of drug-likeness (QED) is 0.0944. The Morgan fingerprint density at radius 1 is 0.731 bits per heavy atom. The second kappa shape index (κ2) is 19.6. The summed E-state index contributed by atoms with van der Waals surface area (Å²) in [6.45, 7) is 14.2. The van der Waals surface area contributed by atoms with Gasteiger partial charge in [0.25, 0.3) is 0 Å². The van der Waals surface area contributed by atoms with Crippen molar-refractivity contribution in [3.63, 3.8) is 0 Å². The summed E-state index contributed by atoms with van der Waals surface area (Å²) in [4.78, 5) is 13.1. The maximum Gasteiger partial charge on any atom is 0.187 e. The van der Waals surface area contributed by atoms with Crippen LogP contribution in [0.3, 0.4) is 0 Å². The number of aliphatic hydroxyl groups excluding tert-OH is 11. The lowest BCUT2D eigenvalue weighted by atomic mass is 9.38. The highest BCUT2D eigenvalue weighted by Gasteiger charge is 2.70. The molecule has 7 aliphatic rings. The maximum absolute atomic E-state index is 13.1. The van der Waals surface area contributed by atoms with Gasteiger partial charge in [0.2, 0.25) is 0 Å². The molecule has 386 valence electrons. The number of rotatable bonds is 14. The van der Waals surface area contributed by atoms with Gasteiger partial charge in [-0.2, -0.15) is 0 Å². The maximum atomic E-state index is 13.1. The number of carbonyl (C=O) groups is 1. The van der Waals surface area contributed by atoms with E-state index in [1.54, 1.807) is 13.8 Å². The summed E-state index contributed by atoms with van der Waals surface area (Å²) in [6.07, 6.45) is -19.3. The average Bonchev–Trinajstić information content (AvgIpc) is 3.54. The van der Waals surface area contributed by atoms with E-state index in [1.807, 2.05) is 13.8 Å². The van der Waals surface area contributed by atoms with E-state index in [0.29, 0.717) is 19.3 Å². The fourth-order valence-corrected chi connectivity index (χ4v) is 13.9. The number of ketones is 1. The van der Waals surface area contributed by atoms with E-state index in [4.69, 9.17) is 28.4 Å². The highest BCUT2D eigenvalue weighted by atomic mass is 16.8. The summed E-state index contributed by atoms with van der Waals surface area (Å²) < 4.78 is 35.4. The summed E-state index contributed by atoms with van der Waals surface area (Å²) in [5.41, 5.74) is -1.70. The van der Waals surface area contributed by atoms with Crippen molar-refractivity contribution < 1.29 is 94.5 Å².